The first kappa shape index (κ1) is 17.9. The minimum absolute atomic E-state index is 0.159. The molecule has 0 bridgehead atoms. The zero-order valence-corrected chi connectivity index (χ0v) is 15.5. The minimum Gasteiger partial charge on any atom is -0.330 e. The lowest BCUT2D eigenvalue weighted by atomic mass is 10.2. The lowest BCUT2D eigenvalue weighted by molar-refractivity contribution is -0.113. The molecule has 0 aliphatic rings. The van der Waals surface area contributed by atoms with Crippen LogP contribution >= 0.6 is 23.1 Å². The molecule has 3 rings (SSSR count). The molecule has 26 heavy (non-hydrogen) atoms. The maximum absolute atomic E-state index is 12.0. The third kappa shape index (κ3) is 5.05. The van der Waals surface area contributed by atoms with E-state index in [0.29, 0.717) is 20.7 Å². The zero-order valence-electron chi connectivity index (χ0n) is 13.9. The molecule has 1 aromatic heterocycles. The fourth-order valence-electron chi connectivity index (χ4n) is 2.16. The van der Waals surface area contributed by atoms with E-state index in [1.807, 2.05) is 37.3 Å². The number of carbonyl (C=O) groups is 1. The average molecular weight is 381 g/mol. The molecule has 0 spiro atoms. The van der Waals surface area contributed by atoms with E-state index in [1.165, 1.54) is 23.1 Å². The maximum Gasteiger partial charge on any atom is 0.234 e. The molecule has 0 fully saturated rings. The van der Waals surface area contributed by atoms with E-state index in [4.69, 9.17) is 5.26 Å². The van der Waals surface area contributed by atoms with Gasteiger partial charge in [-0.25, -0.2) is 0 Å². The summed E-state index contributed by atoms with van der Waals surface area (Å²) >= 11 is 2.71. The highest BCUT2D eigenvalue weighted by molar-refractivity contribution is 8.01. The number of benzene rings is 2. The molecule has 8 heteroatoms. The molecule has 0 aliphatic heterocycles. The largest absolute Gasteiger partial charge is 0.330 e. The maximum atomic E-state index is 12.0. The Balaban J connectivity index is 1.52. The highest BCUT2D eigenvalue weighted by Crippen LogP contribution is 2.28. The number of nitrogens with one attached hydrogen (secondary N) is 2. The molecule has 0 atom stereocenters. The van der Waals surface area contributed by atoms with Gasteiger partial charge in [0, 0.05) is 11.4 Å². The fraction of sp³-hybridized carbons (Fsp3) is 0.111. The van der Waals surface area contributed by atoms with Gasteiger partial charge in [0.15, 0.2) is 4.34 Å². The quantitative estimate of drug-likeness (QED) is 0.622. The molecule has 0 unspecified atom stereocenters. The van der Waals surface area contributed by atoms with E-state index in [1.54, 1.807) is 24.3 Å². The van der Waals surface area contributed by atoms with Gasteiger partial charge in [-0.3, -0.25) is 4.79 Å². The normalized spacial score (nSPS) is 10.2. The third-order valence-electron chi connectivity index (χ3n) is 3.28. The van der Waals surface area contributed by atoms with Crippen molar-refractivity contribution in [1.29, 1.82) is 5.26 Å². The standard InChI is InChI=1S/C18H15N5OS2/c1-12-4-2-6-14(8-12)21-17-22-23-18(26-17)25-11-16(24)20-15-7-3-5-13(9-15)10-19/h2-9H,11H2,1H3,(H,20,24)(H,21,22). The number of nitrogens with zero attached hydrogens (tertiary/aromatic N) is 3. The summed E-state index contributed by atoms with van der Waals surface area (Å²) in [7, 11) is 0. The number of hydrogen-bond acceptors (Lipinski definition) is 7. The molecule has 2 aromatic carbocycles. The van der Waals surface area contributed by atoms with E-state index < -0.39 is 0 Å². The molecular weight excluding hydrogens is 366 g/mol. The van der Waals surface area contributed by atoms with Gasteiger partial charge < -0.3 is 10.6 Å². The van der Waals surface area contributed by atoms with Crippen LogP contribution in [0.25, 0.3) is 0 Å². The van der Waals surface area contributed by atoms with Crippen molar-refractivity contribution >= 4 is 45.5 Å². The number of rotatable bonds is 6. The van der Waals surface area contributed by atoms with E-state index in [2.05, 4.69) is 20.8 Å². The van der Waals surface area contributed by atoms with E-state index in [0.717, 1.165) is 11.3 Å². The molecule has 0 radical (unpaired) electrons. The Morgan fingerprint density at radius 1 is 1.19 bits per heavy atom. The van der Waals surface area contributed by atoms with Gasteiger partial charge in [0.05, 0.1) is 17.4 Å². The summed E-state index contributed by atoms with van der Waals surface area (Å²) in [5.41, 5.74) is 3.22. The summed E-state index contributed by atoms with van der Waals surface area (Å²) in [6.07, 6.45) is 0. The summed E-state index contributed by atoms with van der Waals surface area (Å²) in [6, 6.07) is 16.8. The third-order valence-corrected chi connectivity index (χ3v) is 5.25. The first-order chi connectivity index (χ1) is 12.6. The molecule has 1 amide bonds. The second kappa shape index (κ2) is 8.47. The molecule has 130 valence electrons. The van der Waals surface area contributed by atoms with Gasteiger partial charge in [0.25, 0.3) is 0 Å². The van der Waals surface area contributed by atoms with Crippen molar-refractivity contribution in [3.63, 3.8) is 0 Å². The highest BCUT2D eigenvalue weighted by atomic mass is 32.2. The van der Waals surface area contributed by atoms with Crippen LogP contribution in [0.1, 0.15) is 11.1 Å². The number of anilines is 3. The van der Waals surface area contributed by atoms with Gasteiger partial charge in [-0.1, -0.05) is 41.3 Å². The van der Waals surface area contributed by atoms with Crippen LogP contribution in [-0.2, 0) is 4.79 Å². The highest BCUT2D eigenvalue weighted by Gasteiger charge is 2.09. The van der Waals surface area contributed by atoms with Crippen LogP contribution in [0.2, 0.25) is 0 Å². The minimum atomic E-state index is -0.159. The number of hydrogen-bond donors (Lipinski definition) is 2. The summed E-state index contributed by atoms with van der Waals surface area (Å²) in [5.74, 6) is 0.0593. The van der Waals surface area contributed by atoms with E-state index in [9.17, 15) is 4.79 Å². The molecule has 2 N–H and O–H groups in total. The topological polar surface area (TPSA) is 90.7 Å². The van der Waals surface area contributed by atoms with Gasteiger partial charge in [-0.2, -0.15) is 5.26 Å². The van der Waals surface area contributed by atoms with Gasteiger partial charge >= 0.3 is 0 Å². The Labute approximate surface area is 159 Å². The fourth-order valence-corrected chi connectivity index (χ4v) is 3.73. The lowest BCUT2D eigenvalue weighted by Gasteiger charge is -2.04. The zero-order chi connectivity index (χ0) is 18.4. The number of aryl methyl sites for hydroxylation is 1. The second-order valence-electron chi connectivity index (χ2n) is 5.40. The first-order valence-corrected chi connectivity index (χ1v) is 9.52. The predicted octanol–water partition coefficient (Wildman–Crippen LogP) is 4.19. The van der Waals surface area contributed by atoms with Crippen molar-refractivity contribution in [3.05, 3.63) is 59.7 Å². The molecule has 0 saturated heterocycles. The Morgan fingerprint density at radius 2 is 2.00 bits per heavy atom. The van der Waals surface area contributed by atoms with Gasteiger partial charge in [0.2, 0.25) is 11.0 Å². The number of carbonyl (C=O) groups excluding carboxylic acids is 1. The van der Waals surface area contributed by atoms with Crippen molar-refractivity contribution < 1.29 is 4.79 Å². The monoisotopic (exact) mass is 381 g/mol. The van der Waals surface area contributed by atoms with Gasteiger partial charge in [0.1, 0.15) is 0 Å². The smallest absolute Gasteiger partial charge is 0.234 e. The SMILES string of the molecule is Cc1cccc(Nc2nnc(SCC(=O)Nc3cccc(C#N)c3)s2)c1. The predicted molar refractivity (Wildman–Crippen MR) is 105 cm³/mol. The van der Waals surface area contributed by atoms with Gasteiger partial charge in [-0.15, -0.1) is 10.2 Å². The van der Waals surface area contributed by atoms with Crippen molar-refractivity contribution in [3.8, 4) is 6.07 Å². The molecule has 1 heterocycles. The number of aromatic nitrogens is 2. The Kier molecular flexibility index (Phi) is 5.84. The first-order valence-electron chi connectivity index (χ1n) is 7.72. The average Bonchev–Trinajstić information content (AvgIpc) is 3.07. The Bertz CT molecular complexity index is 964. The second-order valence-corrected chi connectivity index (χ2v) is 7.60. The number of nitriles is 1. The van der Waals surface area contributed by atoms with Crippen LogP contribution < -0.4 is 10.6 Å². The van der Waals surface area contributed by atoms with Crippen LogP contribution in [0, 0.1) is 18.3 Å². The van der Waals surface area contributed by atoms with Crippen molar-refractivity contribution in [1.82, 2.24) is 10.2 Å². The number of amides is 1. The van der Waals surface area contributed by atoms with Crippen molar-refractivity contribution in [2.24, 2.45) is 0 Å². The molecule has 3 aromatic rings. The summed E-state index contributed by atoms with van der Waals surface area (Å²) < 4.78 is 0.709. The molecule has 0 aliphatic carbocycles. The van der Waals surface area contributed by atoms with E-state index in [-0.39, 0.29) is 11.7 Å². The van der Waals surface area contributed by atoms with Crippen LogP contribution in [0.3, 0.4) is 0 Å². The summed E-state index contributed by atoms with van der Waals surface area (Å²) in [5, 5.41) is 23.7. The summed E-state index contributed by atoms with van der Waals surface area (Å²) in [4.78, 5) is 12.0. The van der Waals surface area contributed by atoms with Crippen LogP contribution in [-0.4, -0.2) is 21.9 Å². The lowest BCUT2D eigenvalue weighted by Crippen LogP contribution is -2.13. The molecular formula is C18H15N5OS2. The van der Waals surface area contributed by atoms with Crippen molar-refractivity contribution in [2.45, 2.75) is 11.3 Å². The van der Waals surface area contributed by atoms with Crippen LogP contribution in [0.4, 0.5) is 16.5 Å². The van der Waals surface area contributed by atoms with Crippen LogP contribution in [0.15, 0.2) is 52.9 Å². The molecule has 0 saturated carbocycles. The van der Waals surface area contributed by atoms with E-state index >= 15 is 0 Å². The van der Waals surface area contributed by atoms with Gasteiger partial charge in [-0.05, 0) is 42.8 Å². The number of thioether (sulfide) groups is 1. The Hall–Kier alpha value is -2.89. The van der Waals surface area contributed by atoms with Crippen molar-refractivity contribution in [2.75, 3.05) is 16.4 Å². The molecule has 6 nitrogen and oxygen atoms in total. The summed E-state index contributed by atoms with van der Waals surface area (Å²) in [6.45, 7) is 2.03. The van der Waals surface area contributed by atoms with Crippen LogP contribution in [0.5, 0.6) is 0 Å². The Morgan fingerprint density at radius 3 is 2.81 bits per heavy atom.